The third-order valence-electron chi connectivity index (χ3n) is 2.75. The maximum Gasteiger partial charge on any atom is -0.00231 e. The van der Waals surface area contributed by atoms with Crippen molar-refractivity contribution < 1.29 is 0 Å². The number of nitrogens with one attached hydrogen (secondary N) is 2. The lowest BCUT2D eigenvalue weighted by molar-refractivity contribution is 0.405. The summed E-state index contributed by atoms with van der Waals surface area (Å²) in [6.07, 6.45) is 7.02. The summed E-state index contributed by atoms with van der Waals surface area (Å²) in [4.78, 5) is 0. The van der Waals surface area contributed by atoms with E-state index in [0.717, 1.165) is 5.92 Å². The summed E-state index contributed by atoms with van der Waals surface area (Å²) in [5, 5.41) is 6.62. The van der Waals surface area contributed by atoms with Gasteiger partial charge in [0.25, 0.3) is 0 Å². The van der Waals surface area contributed by atoms with Gasteiger partial charge in [-0.15, -0.1) is 0 Å². The van der Waals surface area contributed by atoms with Crippen molar-refractivity contribution in [2.75, 3.05) is 26.2 Å². The lowest BCUT2D eigenvalue weighted by Crippen LogP contribution is -2.27. The zero-order valence-corrected chi connectivity index (χ0v) is 8.94. The molecule has 0 aromatic heterocycles. The molecule has 0 aliphatic carbocycles. The van der Waals surface area contributed by atoms with Gasteiger partial charge in [-0.2, -0.15) is 0 Å². The summed E-state index contributed by atoms with van der Waals surface area (Å²) in [6, 6.07) is 0. The molecule has 78 valence electrons. The Kier molecular flexibility index (Phi) is 6.21. The molecule has 1 unspecified atom stereocenters. The molecule has 2 heteroatoms. The molecule has 2 aliphatic heterocycles. The zero-order valence-electron chi connectivity index (χ0n) is 8.94. The molecule has 2 nitrogen and oxygen atoms in total. The topological polar surface area (TPSA) is 24.1 Å². The number of rotatable bonds is 0. The van der Waals surface area contributed by atoms with Crippen molar-refractivity contribution in [2.45, 2.75) is 39.0 Å². The minimum Gasteiger partial charge on any atom is -0.317 e. The number of hydrogen-bond donors (Lipinski definition) is 2. The first-order chi connectivity index (χ1) is 6.39. The van der Waals surface area contributed by atoms with E-state index in [1.807, 2.05) is 0 Å². The van der Waals surface area contributed by atoms with Crippen molar-refractivity contribution in [3.63, 3.8) is 0 Å². The zero-order chi connectivity index (χ0) is 9.36. The van der Waals surface area contributed by atoms with Crippen molar-refractivity contribution >= 4 is 0 Å². The van der Waals surface area contributed by atoms with Gasteiger partial charge in [-0.1, -0.05) is 13.3 Å². The SMILES string of the molecule is C1CCNCC1.CC1CCCNC1. The van der Waals surface area contributed by atoms with Crippen LogP contribution in [0.5, 0.6) is 0 Å². The van der Waals surface area contributed by atoms with E-state index < -0.39 is 0 Å². The molecule has 0 aromatic carbocycles. The fraction of sp³-hybridized carbons (Fsp3) is 1.00. The van der Waals surface area contributed by atoms with Crippen molar-refractivity contribution in [3.05, 3.63) is 0 Å². The molecule has 1 atom stereocenters. The van der Waals surface area contributed by atoms with E-state index in [1.165, 1.54) is 58.3 Å². The molecular formula is C11H24N2. The number of piperidine rings is 2. The fourth-order valence-electron chi connectivity index (χ4n) is 1.83. The van der Waals surface area contributed by atoms with E-state index in [2.05, 4.69) is 17.6 Å². The highest BCUT2D eigenvalue weighted by molar-refractivity contribution is 4.63. The van der Waals surface area contributed by atoms with E-state index in [9.17, 15) is 0 Å². The minimum atomic E-state index is 0.925. The van der Waals surface area contributed by atoms with Crippen LogP contribution in [0.3, 0.4) is 0 Å². The summed E-state index contributed by atoms with van der Waals surface area (Å²) in [7, 11) is 0. The smallest absolute Gasteiger partial charge is 0.00231 e. The Balaban J connectivity index is 0.000000132. The van der Waals surface area contributed by atoms with Gasteiger partial charge in [-0.25, -0.2) is 0 Å². The summed E-state index contributed by atoms with van der Waals surface area (Å²) in [6.45, 7) is 7.27. The first kappa shape index (κ1) is 11.0. The Morgan fingerprint density at radius 3 is 1.77 bits per heavy atom. The summed E-state index contributed by atoms with van der Waals surface area (Å²) >= 11 is 0. The second-order valence-corrected chi connectivity index (χ2v) is 4.26. The molecule has 0 saturated carbocycles. The van der Waals surface area contributed by atoms with E-state index in [1.54, 1.807) is 0 Å². The second-order valence-electron chi connectivity index (χ2n) is 4.26. The molecule has 2 rings (SSSR count). The molecule has 0 radical (unpaired) electrons. The van der Waals surface area contributed by atoms with Gasteiger partial charge in [-0.3, -0.25) is 0 Å². The molecule has 0 bridgehead atoms. The normalized spacial score (nSPS) is 28.8. The molecule has 0 spiro atoms. The maximum atomic E-state index is 3.33. The largest absolute Gasteiger partial charge is 0.317 e. The predicted molar refractivity (Wildman–Crippen MR) is 58.0 cm³/mol. The lowest BCUT2D eigenvalue weighted by Gasteiger charge is -2.17. The Hall–Kier alpha value is -0.0800. The Labute approximate surface area is 82.5 Å². The van der Waals surface area contributed by atoms with Crippen LogP contribution >= 0.6 is 0 Å². The third-order valence-corrected chi connectivity index (χ3v) is 2.75. The molecule has 13 heavy (non-hydrogen) atoms. The minimum absolute atomic E-state index is 0.925. The molecule has 0 amide bonds. The molecule has 2 N–H and O–H groups in total. The predicted octanol–water partition coefficient (Wildman–Crippen LogP) is 1.77. The van der Waals surface area contributed by atoms with Gasteiger partial charge in [0.2, 0.25) is 0 Å². The Bertz CT molecular complexity index is 93.1. The average Bonchev–Trinajstić information content (AvgIpc) is 2.22. The lowest BCUT2D eigenvalue weighted by atomic mass is 10.0. The summed E-state index contributed by atoms with van der Waals surface area (Å²) in [5.41, 5.74) is 0. The van der Waals surface area contributed by atoms with Crippen LogP contribution in [0.4, 0.5) is 0 Å². The van der Waals surface area contributed by atoms with Gasteiger partial charge in [0.1, 0.15) is 0 Å². The van der Waals surface area contributed by atoms with Crippen molar-refractivity contribution in [3.8, 4) is 0 Å². The van der Waals surface area contributed by atoms with Crippen LogP contribution < -0.4 is 10.6 Å². The van der Waals surface area contributed by atoms with E-state index >= 15 is 0 Å². The molecule has 0 aromatic rings. The summed E-state index contributed by atoms with van der Waals surface area (Å²) in [5.74, 6) is 0.925. The number of hydrogen-bond acceptors (Lipinski definition) is 2. The third kappa shape index (κ3) is 6.05. The van der Waals surface area contributed by atoms with E-state index in [-0.39, 0.29) is 0 Å². The highest BCUT2D eigenvalue weighted by atomic mass is 14.9. The van der Waals surface area contributed by atoms with Gasteiger partial charge in [-0.05, 0) is 57.8 Å². The quantitative estimate of drug-likeness (QED) is 0.599. The van der Waals surface area contributed by atoms with Crippen molar-refractivity contribution in [2.24, 2.45) is 5.92 Å². The molecule has 2 heterocycles. The van der Waals surface area contributed by atoms with Gasteiger partial charge < -0.3 is 10.6 Å². The Morgan fingerprint density at radius 2 is 1.54 bits per heavy atom. The maximum absolute atomic E-state index is 3.33. The van der Waals surface area contributed by atoms with Gasteiger partial charge in [0.15, 0.2) is 0 Å². The van der Waals surface area contributed by atoms with E-state index in [0.29, 0.717) is 0 Å². The first-order valence-electron chi connectivity index (χ1n) is 5.81. The van der Waals surface area contributed by atoms with Crippen LogP contribution in [-0.2, 0) is 0 Å². The highest BCUT2D eigenvalue weighted by Crippen LogP contribution is 2.06. The van der Waals surface area contributed by atoms with Crippen LogP contribution in [0.1, 0.15) is 39.0 Å². The molecular weight excluding hydrogens is 160 g/mol. The first-order valence-corrected chi connectivity index (χ1v) is 5.81. The Morgan fingerprint density at radius 1 is 0.846 bits per heavy atom. The van der Waals surface area contributed by atoms with E-state index in [4.69, 9.17) is 0 Å². The monoisotopic (exact) mass is 184 g/mol. The van der Waals surface area contributed by atoms with Crippen LogP contribution in [0.25, 0.3) is 0 Å². The molecule has 2 saturated heterocycles. The van der Waals surface area contributed by atoms with Crippen molar-refractivity contribution in [1.82, 2.24) is 10.6 Å². The standard InChI is InChI=1S/C6H13N.C5H11N/c1-6-3-2-4-7-5-6;1-2-4-6-5-3-1/h6-7H,2-5H2,1H3;6H,1-5H2. The second kappa shape index (κ2) is 7.34. The van der Waals surface area contributed by atoms with Crippen molar-refractivity contribution in [1.29, 1.82) is 0 Å². The molecule has 2 aliphatic rings. The fourth-order valence-corrected chi connectivity index (χ4v) is 1.83. The summed E-state index contributed by atoms with van der Waals surface area (Å²) < 4.78 is 0. The van der Waals surface area contributed by atoms with Gasteiger partial charge in [0, 0.05) is 0 Å². The van der Waals surface area contributed by atoms with Gasteiger partial charge >= 0.3 is 0 Å². The van der Waals surface area contributed by atoms with Crippen LogP contribution in [0, 0.1) is 5.92 Å². The average molecular weight is 184 g/mol. The molecule has 2 fully saturated rings. The van der Waals surface area contributed by atoms with Crippen LogP contribution in [0.2, 0.25) is 0 Å². The van der Waals surface area contributed by atoms with Crippen LogP contribution in [-0.4, -0.2) is 26.2 Å². The highest BCUT2D eigenvalue weighted by Gasteiger charge is 2.04. The van der Waals surface area contributed by atoms with Gasteiger partial charge in [0.05, 0.1) is 0 Å². The van der Waals surface area contributed by atoms with Crippen LogP contribution in [0.15, 0.2) is 0 Å².